The van der Waals surface area contributed by atoms with E-state index in [9.17, 15) is 0 Å². The highest BCUT2D eigenvalue weighted by molar-refractivity contribution is 5.77. The zero-order chi connectivity index (χ0) is 10.3. The smallest absolute Gasteiger partial charge is 0.192 e. The number of fused-ring (bicyclic) bond motifs is 1. The lowest BCUT2D eigenvalue weighted by Crippen LogP contribution is -1.80. The number of H-pyrrole nitrogens is 1. The summed E-state index contributed by atoms with van der Waals surface area (Å²) in [6.45, 7) is 1.88. The molecule has 0 unspecified atom stereocenters. The highest BCUT2D eigenvalue weighted by atomic mass is 16.3. The average molecular weight is 200 g/mol. The van der Waals surface area contributed by atoms with Gasteiger partial charge in [0.25, 0.3) is 0 Å². The van der Waals surface area contributed by atoms with Crippen molar-refractivity contribution < 1.29 is 4.42 Å². The Bertz CT molecular complexity index is 577. The maximum Gasteiger partial charge on any atom is 0.192 e. The summed E-state index contributed by atoms with van der Waals surface area (Å²) in [4.78, 5) is 15.6. The number of hydrogen-bond donors (Lipinski definition) is 1. The van der Waals surface area contributed by atoms with E-state index in [2.05, 4.69) is 19.9 Å². The van der Waals surface area contributed by atoms with Gasteiger partial charge in [0.2, 0.25) is 0 Å². The summed E-state index contributed by atoms with van der Waals surface area (Å²) < 4.78 is 5.25. The van der Waals surface area contributed by atoms with Gasteiger partial charge in [0.1, 0.15) is 0 Å². The molecule has 3 aromatic rings. The number of nitrogens with zero attached hydrogens (tertiary/aromatic N) is 3. The first-order valence-corrected chi connectivity index (χ1v) is 4.55. The summed E-state index contributed by atoms with van der Waals surface area (Å²) in [5.41, 5.74) is 2.58. The van der Waals surface area contributed by atoms with Gasteiger partial charge in [-0.3, -0.25) is 4.98 Å². The van der Waals surface area contributed by atoms with Crippen LogP contribution in [-0.4, -0.2) is 19.9 Å². The van der Waals surface area contributed by atoms with E-state index in [0.717, 1.165) is 16.7 Å². The fraction of sp³-hybridized carbons (Fsp3) is 0.100. The maximum absolute atomic E-state index is 5.25. The average Bonchev–Trinajstić information content (AvgIpc) is 2.82. The Morgan fingerprint density at radius 3 is 3.07 bits per heavy atom. The Balaban J connectivity index is 2.24. The summed E-state index contributed by atoms with van der Waals surface area (Å²) in [5.74, 6) is 1.36. The van der Waals surface area contributed by atoms with Gasteiger partial charge in [0.15, 0.2) is 18.0 Å². The summed E-state index contributed by atoms with van der Waals surface area (Å²) in [5, 5.41) is 0. The van der Waals surface area contributed by atoms with Gasteiger partial charge in [0.05, 0.1) is 22.9 Å². The number of nitrogens with one attached hydrogen (secondary N) is 1. The predicted octanol–water partition coefficient (Wildman–Crippen LogP) is 1.92. The van der Waals surface area contributed by atoms with Gasteiger partial charge < -0.3 is 9.40 Å². The van der Waals surface area contributed by atoms with Crippen LogP contribution in [0.15, 0.2) is 29.3 Å². The molecule has 1 N–H and O–H groups in total. The van der Waals surface area contributed by atoms with Crippen LogP contribution in [-0.2, 0) is 0 Å². The molecule has 15 heavy (non-hydrogen) atoms. The molecule has 5 heteroatoms. The second-order valence-corrected chi connectivity index (χ2v) is 3.25. The minimum absolute atomic E-state index is 0.672. The lowest BCUT2D eigenvalue weighted by atomic mass is 10.3. The fourth-order valence-electron chi connectivity index (χ4n) is 1.49. The van der Waals surface area contributed by atoms with Crippen LogP contribution in [0.4, 0.5) is 0 Å². The van der Waals surface area contributed by atoms with Gasteiger partial charge >= 0.3 is 0 Å². The van der Waals surface area contributed by atoms with Crippen LogP contribution in [0.2, 0.25) is 0 Å². The topological polar surface area (TPSA) is 67.6 Å². The molecule has 0 aliphatic rings. The monoisotopic (exact) mass is 200 g/mol. The molecule has 0 saturated carbocycles. The minimum atomic E-state index is 0.672. The minimum Gasteiger partial charge on any atom is -0.440 e. The molecule has 0 fully saturated rings. The number of imidazole rings is 1. The van der Waals surface area contributed by atoms with Crippen molar-refractivity contribution in [2.75, 3.05) is 0 Å². The molecule has 0 atom stereocenters. The zero-order valence-corrected chi connectivity index (χ0v) is 8.06. The lowest BCUT2D eigenvalue weighted by Gasteiger charge is -1.88. The van der Waals surface area contributed by atoms with Crippen LogP contribution >= 0.6 is 0 Å². The first-order valence-electron chi connectivity index (χ1n) is 4.55. The maximum atomic E-state index is 5.25. The molecule has 0 saturated heterocycles. The van der Waals surface area contributed by atoms with Crippen molar-refractivity contribution in [3.63, 3.8) is 0 Å². The van der Waals surface area contributed by atoms with E-state index in [0.29, 0.717) is 11.6 Å². The zero-order valence-electron chi connectivity index (χ0n) is 8.06. The van der Waals surface area contributed by atoms with Crippen molar-refractivity contribution in [3.8, 4) is 11.6 Å². The van der Waals surface area contributed by atoms with Crippen LogP contribution in [0.5, 0.6) is 0 Å². The third kappa shape index (κ3) is 1.20. The van der Waals surface area contributed by atoms with Crippen LogP contribution in [0.3, 0.4) is 0 Å². The fourth-order valence-corrected chi connectivity index (χ4v) is 1.49. The van der Waals surface area contributed by atoms with Gasteiger partial charge in [-0.2, -0.15) is 0 Å². The standard InChI is InChI=1S/C10H8N4O/c1-6-9(15-5-12-6)10-13-7-2-3-11-4-8(7)14-10/h2-5H,1H3,(H,13,14). The second kappa shape index (κ2) is 2.91. The summed E-state index contributed by atoms with van der Waals surface area (Å²) in [7, 11) is 0. The van der Waals surface area contributed by atoms with E-state index in [1.54, 1.807) is 12.4 Å². The van der Waals surface area contributed by atoms with Crippen LogP contribution in [0.1, 0.15) is 5.69 Å². The van der Waals surface area contributed by atoms with Crippen LogP contribution in [0, 0.1) is 6.92 Å². The molecule has 74 valence electrons. The van der Waals surface area contributed by atoms with E-state index in [-0.39, 0.29) is 0 Å². The third-order valence-corrected chi connectivity index (χ3v) is 2.24. The van der Waals surface area contributed by atoms with E-state index in [1.807, 2.05) is 13.0 Å². The van der Waals surface area contributed by atoms with Gasteiger partial charge in [-0.1, -0.05) is 0 Å². The van der Waals surface area contributed by atoms with Gasteiger partial charge in [-0.25, -0.2) is 9.97 Å². The molecular formula is C10H8N4O. The van der Waals surface area contributed by atoms with Gasteiger partial charge in [-0.05, 0) is 13.0 Å². The van der Waals surface area contributed by atoms with Gasteiger partial charge in [-0.15, -0.1) is 0 Å². The quantitative estimate of drug-likeness (QED) is 0.651. The molecule has 0 aliphatic heterocycles. The predicted molar refractivity (Wildman–Crippen MR) is 54.1 cm³/mol. The Hall–Kier alpha value is -2.17. The van der Waals surface area contributed by atoms with E-state index in [4.69, 9.17) is 4.42 Å². The van der Waals surface area contributed by atoms with Crippen molar-refractivity contribution in [2.24, 2.45) is 0 Å². The van der Waals surface area contributed by atoms with Crippen molar-refractivity contribution in [1.82, 2.24) is 19.9 Å². The number of hydrogen-bond acceptors (Lipinski definition) is 4. The van der Waals surface area contributed by atoms with Gasteiger partial charge in [0, 0.05) is 6.20 Å². The molecule has 3 rings (SSSR count). The molecule has 0 aromatic carbocycles. The van der Waals surface area contributed by atoms with Crippen LogP contribution in [0.25, 0.3) is 22.6 Å². The van der Waals surface area contributed by atoms with Crippen molar-refractivity contribution in [2.45, 2.75) is 6.92 Å². The highest BCUT2D eigenvalue weighted by Gasteiger charge is 2.11. The molecule has 0 radical (unpaired) electrons. The largest absolute Gasteiger partial charge is 0.440 e. The lowest BCUT2D eigenvalue weighted by molar-refractivity contribution is 0.567. The highest BCUT2D eigenvalue weighted by Crippen LogP contribution is 2.21. The number of aromatic nitrogens is 4. The second-order valence-electron chi connectivity index (χ2n) is 3.25. The number of rotatable bonds is 1. The molecule has 0 amide bonds. The number of aromatic amines is 1. The third-order valence-electron chi connectivity index (χ3n) is 2.24. The molecule has 0 bridgehead atoms. The Morgan fingerprint density at radius 1 is 1.40 bits per heavy atom. The molecule has 3 aromatic heterocycles. The van der Waals surface area contributed by atoms with E-state index < -0.39 is 0 Å². The Morgan fingerprint density at radius 2 is 2.33 bits per heavy atom. The first kappa shape index (κ1) is 8.16. The van der Waals surface area contributed by atoms with E-state index in [1.165, 1.54) is 6.39 Å². The van der Waals surface area contributed by atoms with Crippen LogP contribution < -0.4 is 0 Å². The van der Waals surface area contributed by atoms with E-state index >= 15 is 0 Å². The Labute approximate surface area is 85.2 Å². The van der Waals surface area contributed by atoms with Crippen molar-refractivity contribution >= 4 is 11.0 Å². The van der Waals surface area contributed by atoms with Crippen molar-refractivity contribution in [3.05, 3.63) is 30.5 Å². The first-order chi connectivity index (χ1) is 7.34. The summed E-state index contributed by atoms with van der Waals surface area (Å²) in [6.07, 6.45) is 4.85. The molecule has 0 spiro atoms. The summed E-state index contributed by atoms with van der Waals surface area (Å²) >= 11 is 0. The number of aryl methyl sites for hydroxylation is 1. The number of oxazole rings is 1. The molecular weight excluding hydrogens is 192 g/mol. The number of pyridine rings is 1. The molecule has 5 nitrogen and oxygen atoms in total. The van der Waals surface area contributed by atoms with Crippen molar-refractivity contribution in [1.29, 1.82) is 0 Å². The summed E-state index contributed by atoms with van der Waals surface area (Å²) in [6, 6.07) is 1.85. The SMILES string of the molecule is Cc1ncoc1-c1nc2ccncc2[nH]1. The molecule has 3 heterocycles. The normalized spacial score (nSPS) is 11.0. The molecule has 0 aliphatic carbocycles. The Kier molecular flexibility index (Phi) is 1.58.